The highest BCUT2D eigenvalue weighted by atomic mass is 16.7. The van der Waals surface area contributed by atoms with E-state index in [9.17, 15) is 4.79 Å². The molecule has 0 bridgehead atoms. The number of imidazole rings is 1. The van der Waals surface area contributed by atoms with Crippen molar-refractivity contribution in [3.05, 3.63) is 41.5 Å². The number of benzene rings is 1. The Morgan fingerprint density at radius 2 is 2.12 bits per heavy atom. The summed E-state index contributed by atoms with van der Waals surface area (Å²) in [6.07, 6.45) is 1.86. The van der Waals surface area contributed by atoms with E-state index in [1.807, 2.05) is 32.2 Å². The number of rotatable bonds is 4. The zero-order chi connectivity index (χ0) is 18.3. The van der Waals surface area contributed by atoms with E-state index in [0.717, 1.165) is 37.0 Å². The molecule has 1 amide bonds. The monoisotopic (exact) mass is 356 g/mol. The van der Waals surface area contributed by atoms with Gasteiger partial charge < -0.3 is 19.4 Å². The fourth-order valence-corrected chi connectivity index (χ4v) is 3.47. The molecule has 1 aromatic carbocycles. The van der Waals surface area contributed by atoms with Crippen molar-refractivity contribution in [2.75, 3.05) is 13.3 Å². The number of carbonyl (C=O) groups excluding carboxylic acids is 1. The molecule has 0 unspecified atom stereocenters. The molecule has 0 fully saturated rings. The SMILES string of the molecule is CC(C)NC(=O)c1cn2c(n1)[C@H](C)N(Cc1ccc3c(c1)OCO3)CC2. The minimum atomic E-state index is -0.114. The third kappa shape index (κ3) is 3.14. The van der Waals surface area contributed by atoms with Crippen LogP contribution in [0, 0.1) is 0 Å². The molecule has 0 radical (unpaired) electrons. The maximum absolute atomic E-state index is 12.2. The maximum Gasteiger partial charge on any atom is 0.271 e. The average molecular weight is 356 g/mol. The lowest BCUT2D eigenvalue weighted by Gasteiger charge is -2.33. The third-order valence-corrected chi connectivity index (χ3v) is 4.83. The Morgan fingerprint density at radius 3 is 2.92 bits per heavy atom. The second kappa shape index (κ2) is 6.64. The second-order valence-corrected chi connectivity index (χ2v) is 7.14. The standard InChI is InChI=1S/C19H24N4O3/c1-12(2)20-19(24)15-10-23-7-6-22(13(3)18(23)21-15)9-14-4-5-16-17(8-14)26-11-25-16/h4-5,8,10,12-13H,6-7,9,11H2,1-3H3,(H,20,24)/t13-/m0/s1. The quantitative estimate of drug-likeness (QED) is 0.911. The second-order valence-electron chi connectivity index (χ2n) is 7.14. The van der Waals surface area contributed by atoms with Gasteiger partial charge in [0.1, 0.15) is 11.5 Å². The molecular formula is C19H24N4O3. The minimum Gasteiger partial charge on any atom is -0.454 e. The summed E-state index contributed by atoms with van der Waals surface area (Å²) in [6, 6.07) is 6.30. The first-order valence-electron chi connectivity index (χ1n) is 9.02. The van der Waals surface area contributed by atoms with Crippen LogP contribution in [0.5, 0.6) is 11.5 Å². The summed E-state index contributed by atoms with van der Waals surface area (Å²) in [6.45, 7) is 8.86. The van der Waals surface area contributed by atoms with Crippen molar-refractivity contribution in [2.24, 2.45) is 0 Å². The number of nitrogens with one attached hydrogen (secondary N) is 1. The number of carbonyl (C=O) groups is 1. The molecule has 7 nitrogen and oxygen atoms in total. The fraction of sp³-hybridized carbons (Fsp3) is 0.474. The van der Waals surface area contributed by atoms with E-state index in [0.29, 0.717) is 5.69 Å². The smallest absolute Gasteiger partial charge is 0.271 e. The summed E-state index contributed by atoms with van der Waals surface area (Å²) in [5, 5.41) is 2.90. The zero-order valence-electron chi connectivity index (χ0n) is 15.4. The highest BCUT2D eigenvalue weighted by Crippen LogP contribution is 2.34. The van der Waals surface area contributed by atoms with Crippen molar-refractivity contribution >= 4 is 5.91 Å². The third-order valence-electron chi connectivity index (χ3n) is 4.83. The predicted molar refractivity (Wildman–Crippen MR) is 96.2 cm³/mol. The van der Waals surface area contributed by atoms with E-state index in [1.54, 1.807) is 0 Å². The highest BCUT2D eigenvalue weighted by Gasteiger charge is 2.28. The van der Waals surface area contributed by atoms with E-state index in [1.165, 1.54) is 5.56 Å². The number of nitrogens with zero attached hydrogens (tertiary/aromatic N) is 3. The normalized spacial score (nSPS) is 18.8. The number of hydrogen-bond donors (Lipinski definition) is 1. The van der Waals surface area contributed by atoms with Crippen LogP contribution in [0.4, 0.5) is 0 Å². The summed E-state index contributed by atoms with van der Waals surface area (Å²) in [4.78, 5) is 19.2. The molecule has 1 atom stereocenters. The van der Waals surface area contributed by atoms with Gasteiger partial charge in [0.25, 0.3) is 5.91 Å². The number of aromatic nitrogens is 2. The molecule has 26 heavy (non-hydrogen) atoms. The molecule has 0 aliphatic carbocycles. The molecule has 1 N–H and O–H groups in total. The van der Waals surface area contributed by atoms with Gasteiger partial charge >= 0.3 is 0 Å². The van der Waals surface area contributed by atoms with Crippen LogP contribution in [0.1, 0.15) is 48.7 Å². The highest BCUT2D eigenvalue weighted by molar-refractivity contribution is 5.92. The van der Waals surface area contributed by atoms with Crippen molar-refractivity contribution in [3.63, 3.8) is 0 Å². The van der Waals surface area contributed by atoms with Crippen molar-refractivity contribution in [1.82, 2.24) is 19.8 Å². The minimum absolute atomic E-state index is 0.0983. The summed E-state index contributed by atoms with van der Waals surface area (Å²) >= 11 is 0. The van der Waals surface area contributed by atoms with Gasteiger partial charge in [-0.2, -0.15) is 0 Å². The van der Waals surface area contributed by atoms with Gasteiger partial charge in [0.15, 0.2) is 11.5 Å². The molecule has 1 aromatic heterocycles. The maximum atomic E-state index is 12.2. The molecule has 0 spiro atoms. The van der Waals surface area contributed by atoms with E-state index < -0.39 is 0 Å². The van der Waals surface area contributed by atoms with Gasteiger partial charge in [0.2, 0.25) is 6.79 Å². The van der Waals surface area contributed by atoms with Crippen molar-refractivity contribution < 1.29 is 14.3 Å². The largest absolute Gasteiger partial charge is 0.454 e. The van der Waals surface area contributed by atoms with Gasteiger partial charge in [-0.25, -0.2) is 4.98 Å². The zero-order valence-corrected chi connectivity index (χ0v) is 15.4. The lowest BCUT2D eigenvalue weighted by atomic mass is 10.1. The van der Waals surface area contributed by atoms with Gasteiger partial charge in [0.05, 0.1) is 6.04 Å². The Balaban J connectivity index is 1.50. The fourth-order valence-electron chi connectivity index (χ4n) is 3.47. The Bertz CT molecular complexity index is 830. The molecule has 0 saturated heterocycles. The van der Waals surface area contributed by atoms with Gasteiger partial charge in [0, 0.05) is 31.9 Å². The van der Waals surface area contributed by atoms with Crippen molar-refractivity contribution in [2.45, 2.75) is 45.9 Å². The first kappa shape index (κ1) is 16.9. The lowest BCUT2D eigenvalue weighted by molar-refractivity contribution is 0.0938. The summed E-state index contributed by atoms with van der Waals surface area (Å²) in [7, 11) is 0. The van der Waals surface area contributed by atoms with Crippen LogP contribution in [0.15, 0.2) is 24.4 Å². The molecule has 2 aliphatic rings. The van der Waals surface area contributed by atoms with Crippen LogP contribution in [-0.2, 0) is 13.1 Å². The first-order valence-corrected chi connectivity index (χ1v) is 9.02. The van der Waals surface area contributed by atoms with E-state index in [-0.39, 0.29) is 24.8 Å². The van der Waals surface area contributed by atoms with E-state index >= 15 is 0 Å². The Hall–Kier alpha value is -2.54. The number of amides is 1. The molecule has 2 aliphatic heterocycles. The van der Waals surface area contributed by atoms with E-state index in [2.05, 4.69) is 32.8 Å². The molecule has 7 heteroatoms. The Labute approximate surface area is 152 Å². The predicted octanol–water partition coefficient (Wildman–Crippen LogP) is 2.33. The topological polar surface area (TPSA) is 68.6 Å². The number of ether oxygens (including phenoxy) is 2. The molecular weight excluding hydrogens is 332 g/mol. The number of hydrogen-bond acceptors (Lipinski definition) is 5. The van der Waals surface area contributed by atoms with E-state index in [4.69, 9.17) is 9.47 Å². The van der Waals surface area contributed by atoms with Crippen LogP contribution < -0.4 is 14.8 Å². The molecule has 2 aromatic rings. The Kier molecular flexibility index (Phi) is 4.32. The molecule has 3 heterocycles. The van der Waals surface area contributed by atoms with Crippen molar-refractivity contribution in [1.29, 1.82) is 0 Å². The van der Waals surface area contributed by atoms with Gasteiger partial charge in [-0.05, 0) is 38.5 Å². The summed E-state index contributed by atoms with van der Waals surface area (Å²) in [5.74, 6) is 2.43. The van der Waals surface area contributed by atoms with Crippen LogP contribution in [-0.4, -0.2) is 39.7 Å². The molecule has 138 valence electrons. The van der Waals surface area contributed by atoms with Crippen LogP contribution in [0.25, 0.3) is 0 Å². The lowest BCUT2D eigenvalue weighted by Crippen LogP contribution is -2.36. The van der Waals surface area contributed by atoms with Crippen LogP contribution in [0.2, 0.25) is 0 Å². The Morgan fingerprint density at radius 1 is 1.31 bits per heavy atom. The van der Waals surface area contributed by atoms with Gasteiger partial charge in [-0.3, -0.25) is 9.69 Å². The number of fused-ring (bicyclic) bond motifs is 2. The molecule has 4 rings (SSSR count). The first-order chi connectivity index (χ1) is 12.5. The van der Waals surface area contributed by atoms with Gasteiger partial charge in [-0.1, -0.05) is 6.07 Å². The van der Waals surface area contributed by atoms with Gasteiger partial charge in [-0.15, -0.1) is 0 Å². The van der Waals surface area contributed by atoms with Crippen molar-refractivity contribution in [3.8, 4) is 11.5 Å². The summed E-state index contributed by atoms with van der Waals surface area (Å²) < 4.78 is 12.9. The van der Waals surface area contributed by atoms with Crippen LogP contribution in [0.3, 0.4) is 0 Å². The van der Waals surface area contributed by atoms with Crippen LogP contribution >= 0.6 is 0 Å². The molecule has 0 saturated carbocycles. The summed E-state index contributed by atoms with van der Waals surface area (Å²) in [5.41, 5.74) is 1.67. The average Bonchev–Trinajstić information content (AvgIpc) is 3.23.